The van der Waals surface area contributed by atoms with Crippen molar-refractivity contribution in [3.63, 3.8) is 0 Å². The summed E-state index contributed by atoms with van der Waals surface area (Å²) in [6.07, 6.45) is 4.43. The molecule has 0 saturated heterocycles. The summed E-state index contributed by atoms with van der Waals surface area (Å²) in [6.45, 7) is -0.211. The molecule has 29 heavy (non-hydrogen) atoms. The van der Waals surface area contributed by atoms with E-state index in [1.54, 1.807) is 0 Å². The van der Waals surface area contributed by atoms with E-state index in [4.69, 9.17) is 4.52 Å². The highest BCUT2D eigenvalue weighted by atomic mass is 19.1. The second kappa shape index (κ2) is 8.95. The van der Waals surface area contributed by atoms with Gasteiger partial charge in [-0.25, -0.2) is 9.78 Å². The maximum atomic E-state index is 12.3. The molecule has 3 N–H and O–H groups in total. The fraction of sp³-hybridized carbons (Fsp3) is 0.278. The van der Waals surface area contributed by atoms with Gasteiger partial charge in [0.15, 0.2) is 0 Å². The van der Waals surface area contributed by atoms with Gasteiger partial charge in [-0.1, -0.05) is 5.16 Å². The maximum absolute atomic E-state index is 12.3. The summed E-state index contributed by atoms with van der Waals surface area (Å²) in [7, 11) is 0. The number of anilines is 1. The van der Waals surface area contributed by atoms with E-state index in [1.807, 2.05) is 0 Å². The fourth-order valence-electron chi connectivity index (χ4n) is 2.56. The first-order valence-electron chi connectivity index (χ1n) is 8.73. The Morgan fingerprint density at radius 2 is 2.10 bits per heavy atom. The van der Waals surface area contributed by atoms with Crippen molar-refractivity contribution < 1.29 is 28.7 Å². The summed E-state index contributed by atoms with van der Waals surface area (Å²) in [5, 5.41) is 24.8. The van der Waals surface area contributed by atoms with E-state index in [1.165, 1.54) is 35.3 Å². The number of carbonyl (C=O) groups is 2. The molecule has 3 aromatic rings. The number of pyridine rings is 1. The van der Waals surface area contributed by atoms with Crippen LogP contribution in [0, 0.1) is 0 Å². The zero-order valence-corrected chi connectivity index (χ0v) is 15.2. The number of nitrogens with one attached hydrogen (secondary N) is 1. The van der Waals surface area contributed by atoms with Crippen LogP contribution in [0.2, 0.25) is 0 Å². The fourth-order valence-corrected chi connectivity index (χ4v) is 2.56. The number of carboxylic acids is 1. The minimum atomic E-state index is -1.19. The molecule has 0 aliphatic carbocycles. The summed E-state index contributed by atoms with van der Waals surface area (Å²) in [6, 6.07) is 2.96. The molecule has 0 atom stereocenters. The molecule has 1 amide bonds. The van der Waals surface area contributed by atoms with Gasteiger partial charge in [0, 0.05) is 31.8 Å². The molecule has 0 aliphatic heterocycles. The Balaban J connectivity index is 1.59. The van der Waals surface area contributed by atoms with E-state index in [2.05, 4.69) is 20.4 Å². The number of nitrogens with zero attached hydrogens (tertiary/aromatic N) is 4. The molecule has 0 spiro atoms. The van der Waals surface area contributed by atoms with Crippen molar-refractivity contribution >= 4 is 17.6 Å². The molecule has 0 aliphatic rings. The molecule has 3 heterocycles. The molecule has 11 heteroatoms. The smallest absolute Gasteiger partial charge is 0.339 e. The van der Waals surface area contributed by atoms with Gasteiger partial charge in [-0.3, -0.25) is 9.18 Å². The topological polar surface area (TPSA) is 143 Å². The van der Waals surface area contributed by atoms with Crippen LogP contribution in [0.4, 0.5) is 10.1 Å². The Kier molecular flexibility index (Phi) is 6.17. The summed E-state index contributed by atoms with van der Waals surface area (Å²) in [5.74, 6) is -1.18. The average Bonchev–Trinajstić information content (AvgIpc) is 3.32. The Bertz CT molecular complexity index is 998. The second-order valence-corrected chi connectivity index (χ2v) is 6.13. The van der Waals surface area contributed by atoms with Gasteiger partial charge in [0.25, 0.3) is 0 Å². The number of aromatic hydroxyl groups is 1. The van der Waals surface area contributed by atoms with E-state index < -0.39 is 18.6 Å². The zero-order valence-electron chi connectivity index (χ0n) is 15.2. The predicted octanol–water partition coefficient (Wildman–Crippen LogP) is 2.27. The van der Waals surface area contributed by atoms with E-state index in [9.17, 15) is 24.2 Å². The molecule has 0 unspecified atom stereocenters. The van der Waals surface area contributed by atoms with Gasteiger partial charge in [-0.2, -0.15) is 4.98 Å². The van der Waals surface area contributed by atoms with Gasteiger partial charge in [0.2, 0.25) is 17.6 Å². The maximum Gasteiger partial charge on any atom is 0.339 e. The van der Waals surface area contributed by atoms with Gasteiger partial charge in [0.1, 0.15) is 17.0 Å². The number of hydrogen-bond acceptors (Lipinski definition) is 7. The number of carbonyl (C=O) groups excluding carboxylic acids is 1. The van der Waals surface area contributed by atoms with E-state index in [-0.39, 0.29) is 48.0 Å². The number of alkyl halides is 1. The molecule has 3 aromatic heterocycles. The predicted molar refractivity (Wildman–Crippen MR) is 98.1 cm³/mol. The second-order valence-electron chi connectivity index (χ2n) is 6.13. The molecule has 152 valence electrons. The van der Waals surface area contributed by atoms with E-state index >= 15 is 0 Å². The van der Waals surface area contributed by atoms with Crippen molar-refractivity contribution in [2.24, 2.45) is 0 Å². The lowest BCUT2D eigenvalue weighted by Crippen LogP contribution is -2.14. The largest absolute Gasteiger partial charge is 0.506 e. The number of aromatic carboxylic acids is 1. The molecule has 10 nitrogen and oxygen atoms in total. The molecule has 0 saturated carbocycles. The first-order chi connectivity index (χ1) is 14.0. The van der Waals surface area contributed by atoms with Gasteiger partial charge in [0.05, 0.1) is 18.6 Å². The minimum Gasteiger partial charge on any atom is -0.506 e. The first-order valence-corrected chi connectivity index (χ1v) is 8.73. The summed E-state index contributed by atoms with van der Waals surface area (Å²) < 4.78 is 18.9. The third-order valence-corrected chi connectivity index (χ3v) is 3.95. The monoisotopic (exact) mass is 403 g/mol. The third kappa shape index (κ3) is 5.15. The van der Waals surface area contributed by atoms with E-state index in [0.717, 1.165) is 0 Å². The van der Waals surface area contributed by atoms with Crippen molar-refractivity contribution in [3.05, 3.63) is 42.2 Å². The van der Waals surface area contributed by atoms with Crippen LogP contribution in [0.25, 0.3) is 11.5 Å². The Labute approximate surface area is 164 Å². The van der Waals surface area contributed by atoms with Crippen LogP contribution in [0.5, 0.6) is 5.75 Å². The van der Waals surface area contributed by atoms with Gasteiger partial charge < -0.3 is 24.6 Å². The molecule has 0 bridgehead atoms. The number of amides is 1. The van der Waals surface area contributed by atoms with Crippen molar-refractivity contribution in [2.75, 3.05) is 12.0 Å². The summed E-state index contributed by atoms with van der Waals surface area (Å²) >= 11 is 0. The van der Waals surface area contributed by atoms with Crippen molar-refractivity contribution in [3.8, 4) is 17.3 Å². The lowest BCUT2D eigenvalue weighted by molar-refractivity contribution is -0.116. The van der Waals surface area contributed by atoms with Crippen LogP contribution in [-0.4, -0.2) is 48.5 Å². The normalized spacial score (nSPS) is 10.8. The Morgan fingerprint density at radius 1 is 1.28 bits per heavy atom. The number of aryl methyl sites for hydroxylation is 2. The number of rotatable bonds is 9. The highest BCUT2D eigenvalue weighted by Gasteiger charge is 2.17. The van der Waals surface area contributed by atoms with E-state index in [0.29, 0.717) is 12.2 Å². The number of carboxylic acid groups (broad SMARTS) is 1. The van der Waals surface area contributed by atoms with Crippen molar-refractivity contribution in [1.29, 1.82) is 0 Å². The average molecular weight is 403 g/mol. The van der Waals surface area contributed by atoms with Gasteiger partial charge >= 0.3 is 5.97 Å². The Hall–Kier alpha value is -3.76. The van der Waals surface area contributed by atoms with Crippen LogP contribution < -0.4 is 5.32 Å². The molecule has 0 fully saturated rings. The molecular weight excluding hydrogens is 385 g/mol. The highest BCUT2D eigenvalue weighted by Crippen LogP contribution is 2.19. The number of halogens is 1. The lowest BCUT2D eigenvalue weighted by atomic mass is 10.2. The standard InChI is InChI=1S/C18H18FN5O5/c19-6-1-7-24-9-12(18(27)28)14(10-24)21-15(26)4-5-16-22-17(23-29-16)13-3-2-11(25)8-20-13/h2-3,8-10,25H,1,4-7H2,(H,21,26)(H,27,28). The molecular formula is C18H18FN5O5. The highest BCUT2D eigenvalue weighted by molar-refractivity contribution is 6.00. The number of hydrogen-bond donors (Lipinski definition) is 3. The van der Waals surface area contributed by atoms with Crippen LogP contribution in [0.15, 0.2) is 35.2 Å². The molecule has 0 aromatic carbocycles. The van der Waals surface area contributed by atoms with Gasteiger partial charge in [-0.15, -0.1) is 0 Å². The zero-order chi connectivity index (χ0) is 20.8. The quantitative estimate of drug-likeness (QED) is 0.494. The third-order valence-electron chi connectivity index (χ3n) is 3.95. The SMILES string of the molecule is O=C(CCc1nc(-c2ccc(O)cn2)no1)Nc1cn(CCCF)cc1C(=O)O. The summed E-state index contributed by atoms with van der Waals surface area (Å²) in [5.41, 5.74) is 0.472. The molecule has 3 rings (SSSR count). The first kappa shape index (κ1) is 20.0. The number of aromatic nitrogens is 4. The van der Waals surface area contributed by atoms with Crippen LogP contribution in [-0.2, 0) is 17.8 Å². The van der Waals surface area contributed by atoms with Crippen LogP contribution in [0.1, 0.15) is 29.1 Å². The van der Waals surface area contributed by atoms with Crippen molar-refractivity contribution in [2.45, 2.75) is 25.8 Å². The lowest BCUT2D eigenvalue weighted by Gasteiger charge is -2.03. The van der Waals surface area contributed by atoms with Crippen molar-refractivity contribution in [1.82, 2.24) is 19.7 Å². The minimum absolute atomic E-state index is 0.00777. The summed E-state index contributed by atoms with van der Waals surface area (Å²) in [4.78, 5) is 31.6. The van der Waals surface area contributed by atoms with Crippen LogP contribution in [0.3, 0.4) is 0 Å². The van der Waals surface area contributed by atoms with Crippen LogP contribution >= 0.6 is 0 Å². The van der Waals surface area contributed by atoms with Gasteiger partial charge in [-0.05, 0) is 18.6 Å². The molecule has 0 radical (unpaired) electrons. The Morgan fingerprint density at radius 3 is 2.79 bits per heavy atom.